The van der Waals surface area contributed by atoms with E-state index in [1.165, 1.54) is 6.20 Å². The summed E-state index contributed by atoms with van der Waals surface area (Å²) in [5, 5.41) is 15.2. The number of rotatable bonds is 1. The van der Waals surface area contributed by atoms with E-state index >= 15 is 0 Å². The zero-order valence-electron chi connectivity index (χ0n) is 5.04. The van der Waals surface area contributed by atoms with Crippen molar-refractivity contribution in [1.29, 1.82) is 0 Å². The molecule has 0 rings (SSSR count). The summed E-state index contributed by atoms with van der Waals surface area (Å²) in [5.41, 5.74) is 4.85. The van der Waals surface area contributed by atoms with Crippen LogP contribution in [0.1, 0.15) is 6.92 Å². The maximum atomic E-state index is 7.62. The number of hydrogen-bond donors (Lipinski definition) is 3. The smallest absolute Gasteiger partial charge is 0.0662 e. The minimum absolute atomic E-state index is 0.125. The number of nitrogens with two attached hydrogens (primary N) is 1. The Morgan fingerprint density at radius 1 is 1.38 bits per heavy atom. The lowest BCUT2D eigenvalue weighted by atomic mass is 10.7. The fourth-order valence-electron chi connectivity index (χ4n) is 0. The number of aliphatic hydroxyl groups excluding tert-OH is 2. The molecule has 3 nitrogen and oxygen atoms in total. The standard InChI is InChI=1S/C3H7N.C2H6O2/c1-2-3-4;3-1-2-4/h2-3H,4H2,1H3;3-4H,1-2H2/b3-2+;. The van der Waals surface area contributed by atoms with Gasteiger partial charge in [-0.2, -0.15) is 0 Å². The highest BCUT2D eigenvalue weighted by Gasteiger charge is 1.58. The average molecular weight is 119 g/mol. The summed E-state index contributed by atoms with van der Waals surface area (Å²) in [4.78, 5) is 0. The van der Waals surface area contributed by atoms with Crippen molar-refractivity contribution < 1.29 is 10.2 Å². The fourth-order valence-corrected chi connectivity index (χ4v) is 0. The normalized spacial score (nSPS) is 8.38. The molecule has 0 aliphatic rings. The second-order valence-corrected chi connectivity index (χ2v) is 0.973. The Morgan fingerprint density at radius 2 is 1.62 bits per heavy atom. The molecule has 0 aromatic rings. The van der Waals surface area contributed by atoms with Crippen molar-refractivity contribution >= 4 is 0 Å². The van der Waals surface area contributed by atoms with Gasteiger partial charge in [0.15, 0.2) is 0 Å². The Labute approximate surface area is 49.4 Å². The molecule has 0 saturated heterocycles. The van der Waals surface area contributed by atoms with Crippen molar-refractivity contribution in [3.05, 3.63) is 12.3 Å². The lowest BCUT2D eigenvalue weighted by molar-refractivity contribution is 0.186. The van der Waals surface area contributed by atoms with Gasteiger partial charge in [-0.1, -0.05) is 6.08 Å². The largest absolute Gasteiger partial charge is 0.405 e. The molecule has 0 bridgehead atoms. The van der Waals surface area contributed by atoms with Gasteiger partial charge in [0.05, 0.1) is 13.2 Å². The van der Waals surface area contributed by atoms with Gasteiger partial charge in [0, 0.05) is 0 Å². The Hall–Kier alpha value is -0.540. The zero-order chi connectivity index (χ0) is 6.83. The molecule has 0 unspecified atom stereocenters. The SMILES string of the molecule is C/C=C/N.OCCO. The van der Waals surface area contributed by atoms with Crippen molar-refractivity contribution in [2.75, 3.05) is 13.2 Å². The first-order valence-electron chi connectivity index (χ1n) is 2.38. The molecule has 0 fully saturated rings. The summed E-state index contributed by atoms with van der Waals surface area (Å²) in [6.07, 6.45) is 3.28. The van der Waals surface area contributed by atoms with Crippen LogP contribution < -0.4 is 5.73 Å². The van der Waals surface area contributed by atoms with Gasteiger partial charge in [-0.15, -0.1) is 0 Å². The first-order valence-corrected chi connectivity index (χ1v) is 2.38. The molecule has 0 aromatic carbocycles. The van der Waals surface area contributed by atoms with Crippen LogP contribution in [0.2, 0.25) is 0 Å². The van der Waals surface area contributed by atoms with Gasteiger partial charge >= 0.3 is 0 Å². The maximum absolute atomic E-state index is 7.62. The van der Waals surface area contributed by atoms with E-state index in [0.29, 0.717) is 0 Å². The van der Waals surface area contributed by atoms with Crippen LogP contribution in [0.15, 0.2) is 12.3 Å². The van der Waals surface area contributed by atoms with Crippen LogP contribution in [0.5, 0.6) is 0 Å². The zero-order valence-corrected chi connectivity index (χ0v) is 5.04. The van der Waals surface area contributed by atoms with Crippen LogP contribution >= 0.6 is 0 Å². The lowest BCUT2D eigenvalue weighted by Gasteiger charge is -1.70. The minimum Gasteiger partial charge on any atom is -0.405 e. The van der Waals surface area contributed by atoms with E-state index < -0.39 is 0 Å². The lowest BCUT2D eigenvalue weighted by Crippen LogP contribution is -1.85. The highest BCUT2D eigenvalue weighted by atomic mass is 16.3. The van der Waals surface area contributed by atoms with Crippen molar-refractivity contribution in [3.8, 4) is 0 Å². The average Bonchev–Trinajstić information content (AvgIpc) is 1.88. The predicted octanol–water partition coefficient (Wildman–Crippen LogP) is -0.550. The van der Waals surface area contributed by atoms with E-state index in [1.54, 1.807) is 6.08 Å². The molecule has 4 N–H and O–H groups in total. The third-order valence-corrected chi connectivity index (χ3v) is 0.292. The molecule has 0 aliphatic carbocycles. The molecule has 3 heteroatoms. The van der Waals surface area contributed by atoms with Crippen LogP contribution in [-0.4, -0.2) is 23.4 Å². The molecular formula is C5H13NO2. The summed E-state index contributed by atoms with van der Waals surface area (Å²) in [5.74, 6) is 0. The summed E-state index contributed by atoms with van der Waals surface area (Å²) in [6.45, 7) is 1.62. The molecule has 0 radical (unpaired) electrons. The molecule has 0 heterocycles. The predicted molar refractivity (Wildman–Crippen MR) is 33.2 cm³/mol. The molecule has 0 saturated carbocycles. The van der Waals surface area contributed by atoms with Crippen LogP contribution in [0, 0.1) is 0 Å². The van der Waals surface area contributed by atoms with Crippen molar-refractivity contribution in [1.82, 2.24) is 0 Å². The summed E-state index contributed by atoms with van der Waals surface area (Å²) in [6, 6.07) is 0. The molecule has 0 amide bonds. The number of hydrogen-bond acceptors (Lipinski definition) is 3. The molecule has 0 spiro atoms. The summed E-state index contributed by atoms with van der Waals surface area (Å²) in [7, 11) is 0. The minimum atomic E-state index is -0.125. The summed E-state index contributed by atoms with van der Waals surface area (Å²) >= 11 is 0. The van der Waals surface area contributed by atoms with Crippen LogP contribution in [0.4, 0.5) is 0 Å². The van der Waals surface area contributed by atoms with Crippen LogP contribution in [0.25, 0.3) is 0 Å². The Balaban J connectivity index is 0. The van der Waals surface area contributed by atoms with Gasteiger partial charge in [0.1, 0.15) is 0 Å². The number of allylic oxidation sites excluding steroid dienone is 1. The van der Waals surface area contributed by atoms with Crippen molar-refractivity contribution in [3.63, 3.8) is 0 Å². The third-order valence-electron chi connectivity index (χ3n) is 0.292. The molecule has 0 aromatic heterocycles. The van der Waals surface area contributed by atoms with E-state index in [2.05, 4.69) is 0 Å². The van der Waals surface area contributed by atoms with Crippen molar-refractivity contribution in [2.45, 2.75) is 6.92 Å². The quantitative estimate of drug-likeness (QED) is 0.434. The van der Waals surface area contributed by atoms with E-state index in [4.69, 9.17) is 15.9 Å². The summed E-state index contributed by atoms with van der Waals surface area (Å²) < 4.78 is 0. The Bertz CT molecular complexity index is 39.7. The van der Waals surface area contributed by atoms with Gasteiger partial charge in [0.25, 0.3) is 0 Å². The highest BCUT2D eigenvalue weighted by Crippen LogP contribution is 1.47. The van der Waals surface area contributed by atoms with Crippen LogP contribution in [-0.2, 0) is 0 Å². The maximum Gasteiger partial charge on any atom is 0.0662 e. The third kappa shape index (κ3) is 51.0. The fraction of sp³-hybridized carbons (Fsp3) is 0.600. The van der Waals surface area contributed by atoms with E-state index in [0.717, 1.165) is 0 Å². The molecule has 50 valence electrons. The van der Waals surface area contributed by atoms with Crippen molar-refractivity contribution in [2.24, 2.45) is 5.73 Å². The van der Waals surface area contributed by atoms with Gasteiger partial charge in [0.2, 0.25) is 0 Å². The van der Waals surface area contributed by atoms with Gasteiger partial charge in [-0.05, 0) is 13.1 Å². The van der Waals surface area contributed by atoms with E-state index in [9.17, 15) is 0 Å². The van der Waals surface area contributed by atoms with Crippen LogP contribution in [0.3, 0.4) is 0 Å². The number of aliphatic hydroxyl groups is 2. The Kier molecular flexibility index (Phi) is 21.0. The first-order chi connectivity index (χ1) is 3.83. The van der Waals surface area contributed by atoms with Gasteiger partial charge < -0.3 is 15.9 Å². The van der Waals surface area contributed by atoms with E-state index in [1.807, 2.05) is 6.92 Å². The highest BCUT2D eigenvalue weighted by molar-refractivity contribution is 4.66. The second-order valence-electron chi connectivity index (χ2n) is 0.973. The molecule has 0 atom stereocenters. The monoisotopic (exact) mass is 119 g/mol. The topological polar surface area (TPSA) is 66.5 Å². The van der Waals surface area contributed by atoms with E-state index in [-0.39, 0.29) is 13.2 Å². The first kappa shape index (κ1) is 10.4. The van der Waals surface area contributed by atoms with Gasteiger partial charge in [-0.3, -0.25) is 0 Å². The molecule has 0 aliphatic heterocycles. The second kappa shape index (κ2) is 16.1. The molecule has 8 heavy (non-hydrogen) atoms. The van der Waals surface area contributed by atoms with Gasteiger partial charge in [-0.25, -0.2) is 0 Å². The molecular weight excluding hydrogens is 106 g/mol. The Morgan fingerprint density at radius 3 is 1.62 bits per heavy atom.